The lowest BCUT2D eigenvalue weighted by atomic mass is 10.2. The molecule has 2 aromatic carbocycles. The van der Waals surface area contributed by atoms with Crippen molar-refractivity contribution in [3.8, 4) is 0 Å². The third-order valence-corrected chi connectivity index (χ3v) is 6.09. The first kappa shape index (κ1) is 19.5. The Hall–Kier alpha value is -2.77. The van der Waals surface area contributed by atoms with Crippen LogP contribution < -0.4 is 0 Å². The highest BCUT2D eigenvalue weighted by molar-refractivity contribution is 7.20. The number of amides is 1. The molecule has 0 atom stereocenters. The molecular weight excluding hydrogens is 391 g/mol. The Balaban J connectivity index is 1.26. The van der Waals surface area contributed by atoms with Crippen LogP contribution in [0.15, 0.2) is 54.6 Å². The second-order valence-corrected chi connectivity index (χ2v) is 8.06. The van der Waals surface area contributed by atoms with Crippen LogP contribution in [-0.4, -0.2) is 54.5 Å². The van der Waals surface area contributed by atoms with Gasteiger partial charge < -0.3 is 9.64 Å². The minimum absolute atomic E-state index is 0.204. The van der Waals surface area contributed by atoms with Gasteiger partial charge in [-0.05, 0) is 23.8 Å². The van der Waals surface area contributed by atoms with Gasteiger partial charge in [-0.2, -0.15) is 0 Å². The highest BCUT2D eigenvalue weighted by Crippen LogP contribution is 2.28. The molecule has 0 N–H and O–H groups in total. The Morgan fingerprint density at radius 3 is 2.48 bits per heavy atom. The molecular formula is C22H21FN2O3S. The lowest BCUT2D eigenvalue weighted by Gasteiger charge is -2.34. The number of carbonyl (C=O) groups is 2. The van der Waals surface area contributed by atoms with E-state index in [1.165, 1.54) is 17.7 Å². The first-order valence-corrected chi connectivity index (χ1v) is 10.3. The summed E-state index contributed by atoms with van der Waals surface area (Å²) in [5, 5.41) is 0.394. The van der Waals surface area contributed by atoms with Gasteiger partial charge >= 0.3 is 5.97 Å². The highest BCUT2D eigenvalue weighted by atomic mass is 32.1. The van der Waals surface area contributed by atoms with E-state index in [2.05, 4.69) is 17.0 Å². The monoisotopic (exact) mass is 412 g/mol. The molecule has 29 heavy (non-hydrogen) atoms. The Bertz CT molecular complexity index is 1010. The summed E-state index contributed by atoms with van der Waals surface area (Å²) in [5.41, 5.74) is 1.25. The molecule has 1 fully saturated rings. The number of rotatable bonds is 5. The lowest BCUT2D eigenvalue weighted by molar-refractivity contribution is -0.136. The summed E-state index contributed by atoms with van der Waals surface area (Å²) < 4.78 is 19.6. The Kier molecular flexibility index (Phi) is 5.87. The Morgan fingerprint density at radius 1 is 1.00 bits per heavy atom. The van der Waals surface area contributed by atoms with Gasteiger partial charge in [0.2, 0.25) is 0 Å². The second-order valence-electron chi connectivity index (χ2n) is 6.98. The zero-order valence-corrected chi connectivity index (χ0v) is 16.7. The third kappa shape index (κ3) is 4.63. The van der Waals surface area contributed by atoms with Gasteiger partial charge in [-0.1, -0.05) is 36.4 Å². The average molecular weight is 412 g/mol. The number of esters is 1. The number of hydrogen-bond acceptors (Lipinski definition) is 5. The maximum Gasteiger partial charge on any atom is 0.348 e. The van der Waals surface area contributed by atoms with Gasteiger partial charge in [-0.25, -0.2) is 9.18 Å². The van der Waals surface area contributed by atoms with E-state index >= 15 is 0 Å². The number of halogens is 1. The Labute approximate surface area is 172 Å². The van der Waals surface area contributed by atoms with Crippen LogP contribution in [0.5, 0.6) is 0 Å². The summed E-state index contributed by atoms with van der Waals surface area (Å²) in [6, 6.07) is 16.4. The molecule has 150 valence electrons. The molecule has 1 aliphatic heterocycles. The molecule has 3 aromatic rings. The van der Waals surface area contributed by atoms with Crippen molar-refractivity contribution in [2.75, 3.05) is 32.8 Å². The van der Waals surface area contributed by atoms with Crippen LogP contribution in [0.4, 0.5) is 4.39 Å². The maximum absolute atomic E-state index is 13.8. The van der Waals surface area contributed by atoms with Crippen molar-refractivity contribution in [1.29, 1.82) is 0 Å². The smallest absolute Gasteiger partial charge is 0.348 e. The van der Waals surface area contributed by atoms with E-state index in [1.54, 1.807) is 17.0 Å². The lowest BCUT2D eigenvalue weighted by Crippen LogP contribution is -2.49. The van der Waals surface area contributed by atoms with Crippen LogP contribution in [0.3, 0.4) is 0 Å². The summed E-state index contributed by atoms with van der Waals surface area (Å²) in [7, 11) is 0. The maximum atomic E-state index is 13.8. The van der Waals surface area contributed by atoms with Gasteiger partial charge in [0.25, 0.3) is 5.91 Å². The number of hydrogen-bond donors (Lipinski definition) is 0. The molecule has 7 heteroatoms. The molecule has 2 heterocycles. The number of piperazine rings is 1. The van der Waals surface area contributed by atoms with Crippen LogP contribution in [-0.2, 0) is 16.1 Å². The minimum atomic E-state index is -0.596. The topological polar surface area (TPSA) is 49.9 Å². The summed E-state index contributed by atoms with van der Waals surface area (Å²) in [4.78, 5) is 29.0. The van der Waals surface area contributed by atoms with E-state index in [9.17, 15) is 14.0 Å². The average Bonchev–Trinajstić information content (AvgIpc) is 3.19. The van der Waals surface area contributed by atoms with E-state index in [-0.39, 0.29) is 18.3 Å². The van der Waals surface area contributed by atoms with Crippen LogP contribution >= 0.6 is 11.3 Å². The standard InChI is InChI=1S/C22H21FN2O3S/c23-18-7-4-8-19-17(18)13-20(29-19)22(27)28-15-21(26)25-11-9-24(10-12-25)14-16-5-2-1-3-6-16/h1-8,13H,9-12,14-15H2. The number of nitrogens with zero attached hydrogens (tertiary/aromatic N) is 2. The van der Waals surface area contributed by atoms with Gasteiger partial charge in [0.15, 0.2) is 6.61 Å². The molecule has 1 amide bonds. The van der Waals surface area contributed by atoms with Crippen molar-refractivity contribution in [2.45, 2.75) is 6.54 Å². The number of benzene rings is 2. The number of fused-ring (bicyclic) bond motifs is 1. The molecule has 5 nitrogen and oxygen atoms in total. The molecule has 0 spiro atoms. The summed E-state index contributed by atoms with van der Waals surface area (Å²) in [6.45, 7) is 3.34. The normalized spacial score (nSPS) is 14.9. The number of thiophene rings is 1. The quantitative estimate of drug-likeness (QED) is 0.602. The highest BCUT2D eigenvalue weighted by Gasteiger charge is 2.23. The van der Waals surface area contributed by atoms with Crippen LogP contribution in [0.1, 0.15) is 15.2 Å². The van der Waals surface area contributed by atoms with Gasteiger partial charge in [0.1, 0.15) is 10.7 Å². The molecule has 1 aromatic heterocycles. The van der Waals surface area contributed by atoms with Gasteiger partial charge in [-0.3, -0.25) is 9.69 Å². The molecule has 0 bridgehead atoms. The first-order valence-electron chi connectivity index (χ1n) is 9.49. The van der Waals surface area contributed by atoms with Crippen molar-refractivity contribution in [2.24, 2.45) is 0 Å². The molecule has 0 saturated carbocycles. The fraction of sp³-hybridized carbons (Fsp3) is 0.273. The van der Waals surface area contributed by atoms with Crippen molar-refractivity contribution in [1.82, 2.24) is 9.80 Å². The minimum Gasteiger partial charge on any atom is -0.451 e. The SMILES string of the molecule is O=C(OCC(=O)N1CCN(Cc2ccccc2)CC1)c1cc2c(F)cccc2s1. The van der Waals surface area contributed by atoms with Gasteiger partial charge in [-0.15, -0.1) is 11.3 Å². The predicted octanol–water partition coefficient (Wildman–Crippen LogP) is 3.54. The number of ether oxygens (including phenoxy) is 1. The van der Waals surface area contributed by atoms with E-state index in [0.29, 0.717) is 28.1 Å². The summed E-state index contributed by atoms with van der Waals surface area (Å²) >= 11 is 1.16. The van der Waals surface area contributed by atoms with Crippen LogP contribution in [0.2, 0.25) is 0 Å². The zero-order chi connectivity index (χ0) is 20.2. The van der Waals surface area contributed by atoms with Crippen molar-refractivity contribution >= 4 is 33.3 Å². The summed E-state index contributed by atoms with van der Waals surface area (Å²) in [5.74, 6) is -1.17. The zero-order valence-electron chi connectivity index (χ0n) is 15.8. The fourth-order valence-electron chi connectivity index (χ4n) is 3.41. The summed E-state index contributed by atoms with van der Waals surface area (Å²) in [6.07, 6.45) is 0. The van der Waals surface area contributed by atoms with Crippen molar-refractivity contribution in [3.05, 3.63) is 70.9 Å². The van der Waals surface area contributed by atoms with E-state index < -0.39 is 5.97 Å². The van der Waals surface area contributed by atoms with Gasteiger partial charge in [0.05, 0.1) is 0 Å². The van der Waals surface area contributed by atoms with E-state index in [0.717, 1.165) is 31.0 Å². The number of carbonyl (C=O) groups excluding carboxylic acids is 2. The van der Waals surface area contributed by atoms with Crippen molar-refractivity contribution < 1.29 is 18.7 Å². The van der Waals surface area contributed by atoms with Crippen LogP contribution in [0, 0.1) is 5.82 Å². The van der Waals surface area contributed by atoms with E-state index in [4.69, 9.17) is 4.74 Å². The molecule has 1 aliphatic rings. The molecule has 0 unspecified atom stereocenters. The second kappa shape index (κ2) is 8.71. The van der Waals surface area contributed by atoms with Gasteiger partial charge in [0, 0.05) is 42.8 Å². The van der Waals surface area contributed by atoms with Crippen molar-refractivity contribution in [3.63, 3.8) is 0 Å². The third-order valence-electron chi connectivity index (χ3n) is 5.01. The van der Waals surface area contributed by atoms with E-state index in [1.807, 2.05) is 18.2 Å². The largest absolute Gasteiger partial charge is 0.451 e. The first-order chi connectivity index (χ1) is 14.1. The molecule has 4 rings (SSSR count). The molecule has 0 aliphatic carbocycles. The molecule has 0 radical (unpaired) electrons. The predicted molar refractivity (Wildman–Crippen MR) is 110 cm³/mol. The molecule has 1 saturated heterocycles. The van der Waals surface area contributed by atoms with Crippen LogP contribution in [0.25, 0.3) is 10.1 Å². The Morgan fingerprint density at radius 2 is 1.76 bits per heavy atom. The fourth-order valence-corrected chi connectivity index (χ4v) is 4.38.